The highest BCUT2D eigenvalue weighted by molar-refractivity contribution is 5.30. The van der Waals surface area contributed by atoms with Crippen molar-refractivity contribution >= 4 is 0 Å². The second-order valence-corrected chi connectivity index (χ2v) is 9.06. The minimum Gasteiger partial charge on any atom is -0.429 e. The number of benzene rings is 2. The molecule has 0 heterocycles. The van der Waals surface area contributed by atoms with E-state index >= 15 is 0 Å². The minimum atomic E-state index is -4.19. The van der Waals surface area contributed by atoms with E-state index in [4.69, 9.17) is 0 Å². The van der Waals surface area contributed by atoms with Gasteiger partial charge in [0.25, 0.3) is 0 Å². The lowest BCUT2D eigenvalue weighted by atomic mass is 9.78. The molecule has 182 valence electrons. The quantitative estimate of drug-likeness (QED) is 0.191. The fourth-order valence-corrected chi connectivity index (χ4v) is 4.61. The van der Waals surface area contributed by atoms with E-state index < -0.39 is 40.7 Å². The van der Waals surface area contributed by atoms with Crippen LogP contribution in [0.25, 0.3) is 0 Å². The lowest BCUT2D eigenvalue weighted by Crippen LogP contribution is -2.24. The van der Waals surface area contributed by atoms with E-state index in [0.717, 1.165) is 37.3 Å². The number of hydrogen-bond acceptors (Lipinski definition) is 1. The van der Waals surface area contributed by atoms with Crippen LogP contribution in [-0.2, 0) is 12.5 Å². The summed E-state index contributed by atoms with van der Waals surface area (Å²) in [5, 5.41) is 0. The molecule has 2 aromatic rings. The van der Waals surface area contributed by atoms with Crippen molar-refractivity contribution in [3.63, 3.8) is 0 Å². The Morgan fingerprint density at radius 2 is 1.42 bits per heavy atom. The van der Waals surface area contributed by atoms with E-state index in [-0.39, 0.29) is 12.1 Å². The summed E-state index contributed by atoms with van der Waals surface area (Å²) in [6.45, 7) is 2.20. The molecule has 0 aromatic heterocycles. The molecule has 1 saturated carbocycles. The molecule has 0 amide bonds. The normalized spacial score (nSPS) is 19.0. The lowest BCUT2D eigenvalue weighted by Gasteiger charge is -2.28. The first kappa shape index (κ1) is 25.4. The predicted molar refractivity (Wildman–Crippen MR) is 115 cm³/mol. The van der Waals surface area contributed by atoms with Crippen LogP contribution in [0, 0.1) is 35.1 Å². The zero-order valence-corrected chi connectivity index (χ0v) is 18.8. The van der Waals surface area contributed by atoms with Crippen molar-refractivity contribution in [3.8, 4) is 5.75 Å². The number of ether oxygens (including phenoxy) is 1. The van der Waals surface area contributed by atoms with Crippen LogP contribution in [0.3, 0.4) is 0 Å². The summed E-state index contributed by atoms with van der Waals surface area (Å²) in [7, 11) is 0. The van der Waals surface area contributed by atoms with Crippen LogP contribution < -0.4 is 4.74 Å². The van der Waals surface area contributed by atoms with Crippen molar-refractivity contribution in [1.82, 2.24) is 0 Å². The van der Waals surface area contributed by atoms with E-state index in [9.17, 15) is 26.3 Å². The third-order valence-corrected chi connectivity index (χ3v) is 6.57. The van der Waals surface area contributed by atoms with E-state index in [1.807, 2.05) is 0 Å². The summed E-state index contributed by atoms with van der Waals surface area (Å²) in [5.41, 5.74) is -0.444. The van der Waals surface area contributed by atoms with Gasteiger partial charge < -0.3 is 4.74 Å². The number of rotatable bonds is 10. The summed E-state index contributed by atoms with van der Waals surface area (Å²) in [5.74, 6) is -5.90. The largest absolute Gasteiger partial charge is 0.429 e. The maximum atomic E-state index is 14.5. The van der Waals surface area contributed by atoms with Crippen LogP contribution in [0.1, 0.15) is 75.8 Å². The minimum absolute atomic E-state index is 0.289. The van der Waals surface area contributed by atoms with Crippen molar-refractivity contribution in [2.75, 3.05) is 0 Å². The Kier molecular flexibility index (Phi) is 8.71. The highest BCUT2D eigenvalue weighted by atomic mass is 19.3. The highest BCUT2D eigenvalue weighted by Gasteiger charge is 2.38. The van der Waals surface area contributed by atoms with Gasteiger partial charge in [0.1, 0.15) is 11.6 Å². The van der Waals surface area contributed by atoms with Gasteiger partial charge in [0.2, 0.25) is 0 Å². The van der Waals surface area contributed by atoms with Crippen LogP contribution in [-0.4, -0.2) is 0 Å². The van der Waals surface area contributed by atoms with E-state index in [2.05, 4.69) is 11.7 Å². The molecule has 0 saturated heterocycles. The molecule has 0 spiro atoms. The molecule has 33 heavy (non-hydrogen) atoms. The monoisotopic (exact) mass is 472 g/mol. The molecule has 1 nitrogen and oxygen atoms in total. The van der Waals surface area contributed by atoms with Gasteiger partial charge in [0.05, 0.1) is 5.56 Å². The van der Waals surface area contributed by atoms with Crippen molar-refractivity contribution in [2.24, 2.45) is 11.8 Å². The Bertz CT molecular complexity index is 898. The topological polar surface area (TPSA) is 9.23 Å². The molecule has 0 aliphatic heterocycles. The van der Waals surface area contributed by atoms with Crippen molar-refractivity contribution in [1.29, 1.82) is 0 Å². The number of hydrogen-bond donors (Lipinski definition) is 0. The van der Waals surface area contributed by atoms with Crippen LogP contribution in [0.2, 0.25) is 0 Å². The maximum Gasteiger partial charge on any atom is 0.429 e. The van der Waals surface area contributed by atoms with Crippen molar-refractivity contribution in [2.45, 2.75) is 77.2 Å². The van der Waals surface area contributed by atoms with Crippen LogP contribution >= 0.6 is 0 Å². The summed E-state index contributed by atoms with van der Waals surface area (Å²) < 4.78 is 87.2. The van der Waals surface area contributed by atoms with Crippen LogP contribution in [0.4, 0.5) is 26.3 Å². The summed E-state index contributed by atoms with van der Waals surface area (Å²) >= 11 is 0. The molecule has 0 atom stereocenters. The Morgan fingerprint density at radius 3 is 2.00 bits per heavy atom. The van der Waals surface area contributed by atoms with Crippen LogP contribution in [0.15, 0.2) is 30.3 Å². The first-order chi connectivity index (χ1) is 15.7. The number of unbranched alkanes of at least 4 members (excludes halogenated alkanes) is 2. The molecule has 0 N–H and O–H groups in total. The van der Waals surface area contributed by atoms with Gasteiger partial charge in [-0.25, -0.2) is 17.6 Å². The van der Waals surface area contributed by atoms with Gasteiger partial charge in [-0.3, -0.25) is 0 Å². The Morgan fingerprint density at radius 1 is 0.818 bits per heavy atom. The highest BCUT2D eigenvalue weighted by Crippen LogP contribution is 2.36. The molecule has 0 unspecified atom stereocenters. The Labute approximate surface area is 191 Å². The number of alkyl halides is 2. The molecular formula is C26H30F6O. The van der Waals surface area contributed by atoms with E-state index in [1.54, 1.807) is 0 Å². The average Bonchev–Trinajstić information content (AvgIpc) is 2.76. The first-order valence-electron chi connectivity index (χ1n) is 11.7. The molecule has 0 bridgehead atoms. The number of halogens is 6. The predicted octanol–water partition coefficient (Wildman–Crippen LogP) is 8.69. The molecule has 0 radical (unpaired) electrons. The molecule has 7 heteroatoms. The average molecular weight is 473 g/mol. The Hall–Kier alpha value is -2.18. The fraction of sp³-hybridized carbons (Fsp3) is 0.538. The van der Waals surface area contributed by atoms with E-state index in [0.29, 0.717) is 17.9 Å². The summed E-state index contributed by atoms with van der Waals surface area (Å²) in [6, 6.07) is 3.96. The lowest BCUT2D eigenvalue weighted by molar-refractivity contribution is -0.187. The SMILES string of the molecule is CCCCCC1CCC(CCc2ccc(C(F)(F)Oc3cc(F)c(F)c(F)c3)c(F)c2)CC1. The molecule has 1 fully saturated rings. The van der Waals surface area contributed by atoms with Gasteiger partial charge in [0.15, 0.2) is 17.5 Å². The fourth-order valence-electron chi connectivity index (χ4n) is 4.61. The van der Waals surface area contributed by atoms with Crippen LogP contribution in [0.5, 0.6) is 5.75 Å². The molecule has 1 aliphatic carbocycles. The van der Waals surface area contributed by atoms with Gasteiger partial charge in [-0.2, -0.15) is 8.78 Å². The summed E-state index contributed by atoms with van der Waals surface area (Å²) in [4.78, 5) is 0. The van der Waals surface area contributed by atoms with Crippen molar-refractivity contribution < 1.29 is 31.1 Å². The van der Waals surface area contributed by atoms with E-state index in [1.165, 1.54) is 44.6 Å². The zero-order chi connectivity index (χ0) is 24.0. The van der Waals surface area contributed by atoms with Gasteiger partial charge in [-0.15, -0.1) is 0 Å². The number of aryl methyl sites for hydroxylation is 1. The third kappa shape index (κ3) is 6.90. The van der Waals surface area contributed by atoms with Gasteiger partial charge >= 0.3 is 6.11 Å². The molecule has 2 aromatic carbocycles. The van der Waals surface area contributed by atoms with Gasteiger partial charge in [0, 0.05) is 12.1 Å². The van der Waals surface area contributed by atoms with Crippen molar-refractivity contribution in [3.05, 3.63) is 64.7 Å². The maximum absolute atomic E-state index is 14.5. The second-order valence-electron chi connectivity index (χ2n) is 9.06. The second kappa shape index (κ2) is 11.3. The third-order valence-electron chi connectivity index (χ3n) is 6.57. The summed E-state index contributed by atoms with van der Waals surface area (Å²) in [6.07, 6.45) is 7.10. The zero-order valence-electron chi connectivity index (χ0n) is 18.8. The molecule has 3 rings (SSSR count). The molecule has 1 aliphatic rings. The Balaban J connectivity index is 1.55. The standard InChI is InChI=1S/C26H30F6O/c1-2-3-4-5-17-6-8-18(9-7-17)10-11-19-12-13-21(22(27)14-19)26(31,32)33-20-15-23(28)25(30)24(29)16-20/h12-18H,2-11H2,1H3. The van der Waals surface area contributed by atoms with Gasteiger partial charge in [-0.1, -0.05) is 64.4 Å². The first-order valence-corrected chi connectivity index (χ1v) is 11.7. The molecular weight excluding hydrogens is 442 g/mol. The smallest absolute Gasteiger partial charge is 0.429 e. The van der Waals surface area contributed by atoms with Gasteiger partial charge in [-0.05, 0) is 42.4 Å².